The first-order chi connectivity index (χ1) is 5.26. The quantitative estimate of drug-likeness (QED) is 0.470. The van der Waals surface area contributed by atoms with Crippen LogP contribution in [0.25, 0.3) is 0 Å². The summed E-state index contributed by atoms with van der Waals surface area (Å²) < 4.78 is 0. The molecule has 3 nitrogen and oxygen atoms in total. The molecule has 0 radical (unpaired) electrons. The van der Waals surface area contributed by atoms with Gasteiger partial charge < -0.3 is 5.32 Å². The third kappa shape index (κ3) is 2.43. The molecule has 0 aromatic rings. The van der Waals surface area contributed by atoms with Crippen LogP contribution in [0.2, 0.25) is 0 Å². The van der Waals surface area contributed by atoms with E-state index in [1.165, 1.54) is 6.42 Å². The van der Waals surface area contributed by atoms with E-state index in [2.05, 4.69) is 17.1 Å². The normalized spacial score (nSPS) is 39.0. The van der Waals surface area contributed by atoms with Crippen LogP contribution in [0.15, 0.2) is 0 Å². The summed E-state index contributed by atoms with van der Waals surface area (Å²) in [7, 11) is 1.96. The van der Waals surface area contributed by atoms with Crippen LogP contribution < -0.4 is 5.32 Å². The van der Waals surface area contributed by atoms with Gasteiger partial charge in [0, 0.05) is 6.04 Å². The molecule has 0 amide bonds. The monoisotopic (exact) mass is 159 g/mol. The number of rotatable bonds is 2. The van der Waals surface area contributed by atoms with Crippen molar-refractivity contribution in [3.8, 4) is 0 Å². The molecule has 3 unspecified atom stereocenters. The van der Waals surface area contributed by atoms with Gasteiger partial charge in [-0.3, -0.25) is 5.26 Å². The Morgan fingerprint density at radius 3 is 2.64 bits per heavy atom. The maximum Gasteiger partial charge on any atom is 0.0944 e. The Labute approximate surface area is 67.7 Å². The Balaban J connectivity index is 2.37. The highest BCUT2D eigenvalue weighted by molar-refractivity contribution is 4.80. The lowest BCUT2D eigenvalue weighted by atomic mass is 9.85. The SMILES string of the molecule is CNC1CC(C)CC(OO)C1. The molecule has 66 valence electrons. The largest absolute Gasteiger partial charge is 0.317 e. The molecule has 11 heavy (non-hydrogen) atoms. The second-order valence-electron chi connectivity index (χ2n) is 3.53. The fourth-order valence-electron chi connectivity index (χ4n) is 1.86. The van der Waals surface area contributed by atoms with Crippen LogP contribution in [-0.2, 0) is 4.89 Å². The van der Waals surface area contributed by atoms with Crippen molar-refractivity contribution in [1.82, 2.24) is 5.32 Å². The van der Waals surface area contributed by atoms with E-state index < -0.39 is 0 Å². The molecule has 3 atom stereocenters. The van der Waals surface area contributed by atoms with E-state index in [1.807, 2.05) is 7.05 Å². The molecular weight excluding hydrogens is 142 g/mol. The summed E-state index contributed by atoms with van der Waals surface area (Å²) in [5.74, 6) is 0.651. The predicted octanol–water partition coefficient (Wildman–Crippen LogP) is 1.25. The van der Waals surface area contributed by atoms with Gasteiger partial charge in [0.05, 0.1) is 6.10 Å². The van der Waals surface area contributed by atoms with Crippen LogP contribution in [0.4, 0.5) is 0 Å². The van der Waals surface area contributed by atoms with Gasteiger partial charge in [0.15, 0.2) is 0 Å². The third-order valence-corrected chi connectivity index (χ3v) is 2.46. The first kappa shape index (κ1) is 8.97. The van der Waals surface area contributed by atoms with E-state index in [4.69, 9.17) is 5.26 Å². The Kier molecular flexibility index (Phi) is 3.30. The zero-order valence-corrected chi connectivity index (χ0v) is 7.21. The lowest BCUT2D eigenvalue weighted by Crippen LogP contribution is -2.37. The van der Waals surface area contributed by atoms with Gasteiger partial charge in [0.25, 0.3) is 0 Å². The van der Waals surface area contributed by atoms with E-state index in [0.29, 0.717) is 12.0 Å². The van der Waals surface area contributed by atoms with Gasteiger partial charge in [-0.1, -0.05) is 6.92 Å². The number of hydrogen-bond acceptors (Lipinski definition) is 3. The number of nitrogens with one attached hydrogen (secondary N) is 1. The van der Waals surface area contributed by atoms with Crippen LogP contribution in [0.5, 0.6) is 0 Å². The Morgan fingerprint density at radius 2 is 2.09 bits per heavy atom. The van der Waals surface area contributed by atoms with Gasteiger partial charge in [-0.2, -0.15) is 0 Å². The fourth-order valence-corrected chi connectivity index (χ4v) is 1.86. The second-order valence-corrected chi connectivity index (χ2v) is 3.53. The van der Waals surface area contributed by atoms with Crippen molar-refractivity contribution < 1.29 is 10.1 Å². The molecule has 1 aliphatic carbocycles. The van der Waals surface area contributed by atoms with Crippen molar-refractivity contribution in [3.63, 3.8) is 0 Å². The maximum atomic E-state index is 8.49. The van der Waals surface area contributed by atoms with Crippen LogP contribution in [0.3, 0.4) is 0 Å². The molecule has 3 heteroatoms. The topological polar surface area (TPSA) is 41.5 Å². The minimum Gasteiger partial charge on any atom is -0.317 e. The van der Waals surface area contributed by atoms with E-state index in [0.717, 1.165) is 12.8 Å². The molecule has 0 aromatic heterocycles. The molecule has 1 aliphatic rings. The molecule has 0 aliphatic heterocycles. The minimum absolute atomic E-state index is 0.0381. The van der Waals surface area contributed by atoms with E-state index in [9.17, 15) is 0 Å². The van der Waals surface area contributed by atoms with Gasteiger partial charge in [0.1, 0.15) is 0 Å². The van der Waals surface area contributed by atoms with Crippen molar-refractivity contribution in [2.24, 2.45) is 5.92 Å². The Morgan fingerprint density at radius 1 is 1.36 bits per heavy atom. The van der Waals surface area contributed by atoms with E-state index >= 15 is 0 Å². The van der Waals surface area contributed by atoms with Gasteiger partial charge >= 0.3 is 0 Å². The zero-order valence-electron chi connectivity index (χ0n) is 7.21. The van der Waals surface area contributed by atoms with Gasteiger partial charge in [-0.25, -0.2) is 4.89 Å². The molecule has 0 bridgehead atoms. The summed E-state index contributed by atoms with van der Waals surface area (Å²) in [6, 6.07) is 0.510. The number of hydrogen-bond donors (Lipinski definition) is 2. The minimum atomic E-state index is 0.0381. The molecule has 0 spiro atoms. The molecule has 0 aromatic carbocycles. The maximum absolute atomic E-state index is 8.49. The lowest BCUT2D eigenvalue weighted by Gasteiger charge is -2.30. The van der Waals surface area contributed by atoms with E-state index in [1.54, 1.807) is 0 Å². The lowest BCUT2D eigenvalue weighted by molar-refractivity contribution is -0.287. The fraction of sp³-hybridized carbons (Fsp3) is 1.00. The van der Waals surface area contributed by atoms with Crippen LogP contribution >= 0.6 is 0 Å². The summed E-state index contributed by atoms with van der Waals surface area (Å²) in [6.45, 7) is 2.19. The highest BCUT2D eigenvalue weighted by atomic mass is 17.1. The van der Waals surface area contributed by atoms with Crippen molar-refractivity contribution >= 4 is 0 Å². The van der Waals surface area contributed by atoms with Gasteiger partial charge in [-0.05, 0) is 32.2 Å². The average Bonchev–Trinajstić information content (AvgIpc) is 2.03. The molecule has 0 saturated heterocycles. The van der Waals surface area contributed by atoms with Crippen molar-refractivity contribution in [2.75, 3.05) is 7.05 Å². The molecular formula is C8H17NO2. The predicted molar refractivity (Wildman–Crippen MR) is 43.4 cm³/mol. The summed E-state index contributed by atoms with van der Waals surface area (Å²) >= 11 is 0. The third-order valence-electron chi connectivity index (χ3n) is 2.46. The van der Waals surface area contributed by atoms with E-state index in [-0.39, 0.29) is 6.10 Å². The molecule has 1 saturated carbocycles. The highest BCUT2D eigenvalue weighted by Gasteiger charge is 2.25. The molecule has 1 rings (SSSR count). The van der Waals surface area contributed by atoms with Crippen LogP contribution in [0.1, 0.15) is 26.2 Å². The molecule has 2 N–H and O–H groups in total. The summed E-state index contributed by atoms with van der Waals surface area (Å²) in [5, 5.41) is 11.7. The van der Waals surface area contributed by atoms with Crippen molar-refractivity contribution in [3.05, 3.63) is 0 Å². The Bertz CT molecular complexity index is 107. The second kappa shape index (κ2) is 4.04. The van der Waals surface area contributed by atoms with Gasteiger partial charge in [-0.15, -0.1) is 0 Å². The van der Waals surface area contributed by atoms with Crippen LogP contribution in [-0.4, -0.2) is 24.5 Å². The summed E-state index contributed by atoms with van der Waals surface area (Å²) in [5.41, 5.74) is 0. The smallest absolute Gasteiger partial charge is 0.0944 e. The van der Waals surface area contributed by atoms with Crippen molar-refractivity contribution in [1.29, 1.82) is 0 Å². The summed E-state index contributed by atoms with van der Waals surface area (Å²) in [6.07, 6.45) is 3.14. The Hall–Kier alpha value is -0.120. The molecule has 1 fully saturated rings. The standard InChI is InChI=1S/C8H17NO2/c1-6-3-7(9-2)5-8(4-6)11-10/h6-10H,3-5H2,1-2H3. The van der Waals surface area contributed by atoms with Crippen LogP contribution in [0, 0.1) is 5.92 Å². The van der Waals surface area contributed by atoms with Crippen molar-refractivity contribution in [2.45, 2.75) is 38.3 Å². The van der Waals surface area contributed by atoms with Gasteiger partial charge in [0.2, 0.25) is 0 Å². The average molecular weight is 159 g/mol. The first-order valence-electron chi connectivity index (χ1n) is 4.23. The summed E-state index contributed by atoms with van der Waals surface area (Å²) in [4.78, 5) is 4.35. The molecule has 0 heterocycles. The first-order valence-corrected chi connectivity index (χ1v) is 4.23. The zero-order chi connectivity index (χ0) is 8.27. The highest BCUT2D eigenvalue weighted by Crippen LogP contribution is 2.25.